The number of hydrogen-bond acceptors (Lipinski definition) is 4. The van der Waals surface area contributed by atoms with Gasteiger partial charge in [-0.25, -0.2) is 4.98 Å². The van der Waals surface area contributed by atoms with E-state index in [1.807, 2.05) is 36.5 Å². The van der Waals surface area contributed by atoms with Gasteiger partial charge < -0.3 is 14.4 Å². The molecule has 7 rings (SSSR count). The van der Waals surface area contributed by atoms with Crippen LogP contribution >= 0.6 is 0 Å². The van der Waals surface area contributed by atoms with Gasteiger partial charge in [-0.15, -0.1) is 53.1 Å². The summed E-state index contributed by atoms with van der Waals surface area (Å²) in [5, 5.41) is 3.59. The van der Waals surface area contributed by atoms with Crippen molar-refractivity contribution in [2.75, 3.05) is 0 Å². The van der Waals surface area contributed by atoms with Crippen LogP contribution in [0.5, 0.6) is 0 Å². The zero-order chi connectivity index (χ0) is 38.1. The Hall–Kier alpha value is -4.22. The molecular formula is C48H53IrN3OSi-2. The third-order valence-corrected chi connectivity index (χ3v) is 11.8. The number of aryl methyl sites for hydroxylation is 1. The molecule has 0 unspecified atom stereocenters. The molecule has 281 valence electrons. The molecule has 0 fully saturated rings. The molecule has 7 aromatic rings. The molecule has 6 heteroatoms. The van der Waals surface area contributed by atoms with E-state index >= 15 is 0 Å². The number of hydrogen-bond donors (Lipinski definition) is 0. The zero-order valence-electron chi connectivity index (χ0n) is 33.7. The van der Waals surface area contributed by atoms with Gasteiger partial charge in [0.2, 0.25) is 5.71 Å². The predicted octanol–water partition coefficient (Wildman–Crippen LogP) is 12.5. The van der Waals surface area contributed by atoms with Gasteiger partial charge in [-0.05, 0) is 58.4 Å². The van der Waals surface area contributed by atoms with Gasteiger partial charge in [-0.1, -0.05) is 140 Å². The fraction of sp³-hybridized carbons (Fsp3) is 0.312. The van der Waals surface area contributed by atoms with Crippen molar-refractivity contribution in [1.29, 1.82) is 0 Å². The van der Waals surface area contributed by atoms with E-state index in [2.05, 4.69) is 153 Å². The van der Waals surface area contributed by atoms with E-state index in [1.54, 1.807) is 0 Å². The Morgan fingerprint density at radius 3 is 2.22 bits per heavy atom. The Morgan fingerprint density at radius 1 is 0.815 bits per heavy atom. The molecular weight excluding hydrogens is 855 g/mol. The maximum atomic E-state index is 6.30. The number of benzene rings is 3. The van der Waals surface area contributed by atoms with Crippen LogP contribution in [0.1, 0.15) is 76.6 Å². The quantitative estimate of drug-likeness (QED) is 0.118. The van der Waals surface area contributed by atoms with Crippen LogP contribution in [-0.2, 0) is 31.9 Å². The average molecular weight is 908 g/mol. The van der Waals surface area contributed by atoms with Crippen molar-refractivity contribution in [3.8, 4) is 33.8 Å². The van der Waals surface area contributed by atoms with Gasteiger partial charge in [-0.2, -0.15) is 0 Å². The fourth-order valence-corrected chi connectivity index (χ4v) is 8.37. The molecule has 0 saturated carbocycles. The van der Waals surface area contributed by atoms with Gasteiger partial charge in [-0.3, -0.25) is 0 Å². The third-order valence-electron chi connectivity index (χ3n) is 9.76. The SMILES string of the molecule is CC(C)Cc1cc(-c2[c-]ccc(C(C)(C)C)c2)ncc1[Si](C)(C)C.Cc1c[c-]c(-c2cc(C(C)C)ccn2)c2oc3nc(-c4ccccc4)ccc3c12.[Ir]. The fourth-order valence-electron chi connectivity index (χ4n) is 6.78. The molecule has 3 aromatic carbocycles. The minimum atomic E-state index is -1.38. The first-order valence-corrected chi connectivity index (χ1v) is 22.4. The standard InChI is InChI=1S/C26H21N2O.C22H32NSi.Ir/c1-16(2)19-13-14-27-23(15-19)20-10-9-17(3)24-21-11-12-22(18-7-5-4-6-8-18)28-26(21)29-25(20)24;1-16(2)12-18-14-20(23-15-21(18)24(6,7)8)17-10-9-11-19(13-17)22(3,4)5;/h4-9,11-16H,1-3H3;9,11,13-16H,12H2,1-8H3;/q2*-1;. The summed E-state index contributed by atoms with van der Waals surface area (Å²) in [6, 6.07) is 36.0. The van der Waals surface area contributed by atoms with Crippen LogP contribution in [-0.4, -0.2) is 23.0 Å². The van der Waals surface area contributed by atoms with E-state index in [0.29, 0.717) is 17.5 Å². The number of nitrogens with zero attached hydrogens (tertiary/aromatic N) is 3. The Morgan fingerprint density at radius 2 is 1.56 bits per heavy atom. The first-order valence-electron chi connectivity index (χ1n) is 18.9. The number of furan rings is 1. The Kier molecular flexibility index (Phi) is 12.6. The molecule has 0 aliphatic heterocycles. The van der Waals surface area contributed by atoms with Crippen molar-refractivity contribution >= 4 is 35.3 Å². The smallest absolute Gasteiger partial charge is 0.216 e. The molecule has 0 aliphatic rings. The van der Waals surface area contributed by atoms with Crippen LogP contribution < -0.4 is 5.19 Å². The summed E-state index contributed by atoms with van der Waals surface area (Å²) in [4.78, 5) is 14.2. The maximum absolute atomic E-state index is 6.30. The van der Waals surface area contributed by atoms with Crippen molar-refractivity contribution in [2.45, 2.75) is 92.8 Å². The van der Waals surface area contributed by atoms with Crippen LogP contribution in [0.4, 0.5) is 0 Å². The molecule has 0 spiro atoms. The van der Waals surface area contributed by atoms with E-state index in [9.17, 15) is 0 Å². The second kappa shape index (κ2) is 16.6. The van der Waals surface area contributed by atoms with Crippen molar-refractivity contribution in [1.82, 2.24) is 15.0 Å². The zero-order valence-corrected chi connectivity index (χ0v) is 37.1. The van der Waals surface area contributed by atoms with Crippen LogP contribution in [0, 0.1) is 25.0 Å². The van der Waals surface area contributed by atoms with Crippen LogP contribution in [0.25, 0.3) is 55.8 Å². The maximum Gasteiger partial charge on any atom is 0.216 e. The Labute approximate surface area is 337 Å². The third kappa shape index (κ3) is 9.17. The molecule has 0 N–H and O–H groups in total. The molecule has 0 amide bonds. The average Bonchev–Trinajstić information content (AvgIpc) is 3.51. The topological polar surface area (TPSA) is 51.8 Å². The summed E-state index contributed by atoms with van der Waals surface area (Å²) in [6.07, 6.45) is 5.11. The Balaban J connectivity index is 0.000000208. The molecule has 4 nitrogen and oxygen atoms in total. The van der Waals surface area contributed by atoms with E-state index in [-0.39, 0.29) is 25.5 Å². The number of rotatable bonds is 7. The molecule has 4 heterocycles. The van der Waals surface area contributed by atoms with E-state index in [4.69, 9.17) is 14.4 Å². The first-order chi connectivity index (χ1) is 25.1. The van der Waals surface area contributed by atoms with Gasteiger partial charge in [0.25, 0.3) is 0 Å². The van der Waals surface area contributed by atoms with Gasteiger partial charge in [0.1, 0.15) is 0 Å². The summed E-state index contributed by atoms with van der Waals surface area (Å²) >= 11 is 0. The second-order valence-corrected chi connectivity index (χ2v) is 22.1. The van der Waals surface area contributed by atoms with Crippen LogP contribution in [0.2, 0.25) is 19.6 Å². The molecule has 0 bridgehead atoms. The first kappa shape index (κ1) is 41.0. The van der Waals surface area contributed by atoms with E-state index < -0.39 is 8.07 Å². The van der Waals surface area contributed by atoms with Crippen molar-refractivity contribution < 1.29 is 24.5 Å². The summed E-state index contributed by atoms with van der Waals surface area (Å²) in [7, 11) is -1.38. The van der Waals surface area contributed by atoms with Gasteiger partial charge in [0.05, 0.1) is 19.4 Å². The van der Waals surface area contributed by atoms with Crippen LogP contribution in [0.3, 0.4) is 0 Å². The number of pyridine rings is 3. The number of aromatic nitrogens is 3. The minimum Gasteiger partial charge on any atom is -0.486 e. The predicted molar refractivity (Wildman–Crippen MR) is 227 cm³/mol. The largest absolute Gasteiger partial charge is 0.486 e. The summed E-state index contributed by atoms with van der Waals surface area (Å²) in [6.45, 7) is 25.0. The van der Waals surface area contributed by atoms with Gasteiger partial charge in [0.15, 0.2) is 0 Å². The summed E-state index contributed by atoms with van der Waals surface area (Å²) in [5.41, 5.74) is 12.7. The van der Waals surface area contributed by atoms with Gasteiger partial charge >= 0.3 is 0 Å². The normalized spacial score (nSPS) is 11.9. The number of fused-ring (bicyclic) bond motifs is 3. The molecule has 54 heavy (non-hydrogen) atoms. The molecule has 0 aliphatic carbocycles. The molecule has 4 aromatic heterocycles. The van der Waals surface area contributed by atoms with Crippen molar-refractivity contribution in [2.24, 2.45) is 5.92 Å². The Bertz CT molecular complexity index is 2370. The monoisotopic (exact) mass is 908 g/mol. The van der Waals surface area contributed by atoms with Gasteiger partial charge in [0, 0.05) is 43.4 Å². The van der Waals surface area contributed by atoms with Crippen molar-refractivity contribution in [3.05, 3.63) is 132 Å². The summed E-state index contributed by atoms with van der Waals surface area (Å²) < 4.78 is 6.30. The van der Waals surface area contributed by atoms with E-state index in [0.717, 1.165) is 62.1 Å². The second-order valence-electron chi connectivity index (χ2n) is 17.0. The van der Waals surface area contributed by atoms with E-state index in [1.165, 1.54) is 21.9 Å². The molecule has 0 saturated heterocycles. The minimum absolute atomic E-state index is 0. The summed E-state index contributed by atoms with van der Waals surface area (Å²) in [5.74, 6) is 1.09. The molecule has 0 atom stereocenters. The van der Waals surface area contributed by atoms with Crippen molar-refractivity contribution in [3.63, 3.8) is 0 Å². The molecule has 1 radical (unpaired) electrons. The van der Waals surface area contributed by atoms with Crippen LogP contribution in [0.15, 0.2) is 102 Å².